The molecule has 0 saturated heterocycles. The predicted octanol–water partition coefficient (Wildman–Crippen LogP) is 2.38. The number of rotatable bonds is 4. The van der Waals surface area contributed by atoms with Gasteiger partial charge in [-0.25, -0.2) is 9.97 Å². The van der Waals surface area contributed by atoms with Crippen LogP contribution in [0.2, 0.25) is 0 Å². The average Bonchev–Trinajstić information content (AvgIpc) is 3.37. The molecule has 0 aliphatic carbocycles. The molecule has 0 amide bonds. The van der Waals surface area contributed by atoms with Gasteiger partial charge in [-0.15, -0.1) is 5.10 Å². The van der Waals surface area contributed by atoms with Gasteiger partial charge >= 0.3 is 0 Å². The first-order chi connectivity index (χ1) is 13.7. The maximum atomic E-state index is 12.9. The van der Waals surface area contributed by atoms with Gasteiger partial charge in [0.25, 0.3) is 11.3 Å². The lowest BCUT2D eigenvalue weighted by atomic mass is 10.1. The first-order valence-corrected chi connectivity index (χ1v) is 8.98. The fourth-order valence-corrected chi connectivity index (χ4v) is 3.22. The van der Waals surface area contributed by atoms with Crippen LogP contribution in [0.1, 0.15) is 11.3 Å². The first kappa shape index (κ1) is 16.4. The Kier molecular flexibility index (Phi) is 3.75. The minimum Gasteiger partial charge on any atom is -0.348 e. The molecule has 0 aliphatic rings. The quantitative estimate of drug-likeness (QED) is 0.523. The van der Waals surface area contributed by atoms with E-state index < -0.39 is 0 Å². The normalized spacial score (nSPS) is 11.5. The van der Waals surface area contributed by atoms with Crippen LogP contribution in [0.15, 0.2) is 60.0 Å². The van der Waals surface area contributed by atoms with Crippen LogP contribution < -0.4 is 5.56 Å². The molecule has 1 aromatic carbocycles. The summed E-state index contributed by atoms with van der Waals surface area (Å²) in [6.07, 6.45) is 7.46. The van der Waals surface area contributed by atoms with Gasteiger partial charge in [-0.05, 0) is 13.0 Å². The molecule has 5 aromatic rings. The molecule has 0 spiro atoms. The molecule has 1 N–H and O–H groups in total. The van der Waals surface area contributed by atoms with Crippen molar-refractivity contribution >= 4 is 16.7 Å². The van der Waals surface area contributed by atoms with Crippen LogP contribution in [-0.2, 0) is 13.0 Å². The molecule has 5 rings (SSSR count). The molecule has 138 valence electrons. The number of nitrogens with zero attached hydrogens (tertiary/aromatic N) is 6. The summed E-state index contributed by atoms with van der Waals surface area (Å²) in [5.74, 6) is 1.06. The minimum absolute atomic E-state index is 0.0983. The van der Waals surface area contributed by atoms with Gasteiger partial charge in [-0.2, -0.15) is 9.50 Å². The monoisotopic (exact) mass is 371 g/mol. The number of benzene rings is 1. The molecule has 8 nitrogen and oxygen atoms in total. The Morgan fingerprint density at radius 3 is 2.75 bits per heavy atom. The summed E-state index contributed by atoms with van der Waals surface area (Å²) in [5.41, 5.74) is 3.67. The third-order valence-electron chi connectivity index (χ3n) is 4.79. The molecule has 0 fully saturated rings. The number of hydrogen-bond donors (Lipinski definition) is 1. The van der Waals surface area contributed by atoms with Crippen LogP contribution in [0, 0.1) is 6.92 Å². The number of nitrogens with one attached hydrogen (secondary N) is 1. The van der Waals surface area contributed by atoms with Crippen molar-refractivity contribution in [1.29, 1.82) is 0 Å². The van der Waals surface area contributed by atoms with E-state index in [0.717, 1.165) is 11.3 Å². The van der Waals surface area contributed by atoms with Gasteiger partial charge in [0.2, 0.25) is 0 Å². The van der Waals surface area contributed by atoms with Gasteiger partial charge in [-0.1, -0.05) is 29.8 Å². The molecule has 0 saturated carbocycles. The third kappa shape index (κ3) is 2.75. The lowest BCUT2D eigenvalue weighted by molar-refractivity contribution is 0.666. The van der Waals surface area contributed by atoms with E-state index in [4.69, 9.17) is 0 Å². The molecule has 0 aliphatic heterocycles. The first-order valence-electron chi connectivity index (χ1n) is 8.98. The number of pyridine rings is 1. The lowest BCUT2D eigenvalue weighted by Crippen LogP contribution is -2.21. The Balaban J connectivity index is 1.57. The van der Waals surface area contributed by atoms with Gasteiger partial charge in [0.15, 0.2) is 5.82 Å². The van der Waals surface area contributed by atoms with E-state index in [0.29, 0.717) is 35.5 Å². The summed E-state index contributed by atoms with van der Waals surface area (Å²) in [5, 5.41) is 5.09. The summed E-state index contributed by atoms with van der Waals surface area (Å²) in [7, 11) is 0. The van der Waals surface area contributed by atoms with Gasteiger partial charge in [-0.3, -0.25) is 4.79 Å². The Morgan fingerprint density at radius 2 is 1.96 bits per heavy atom. The van der Waals surface area contributed by atoms with Crippen molar-refractivity contribution in [3.8, 4) is 11.4 Å². The number of aromatic amines is 1. The summed E-state index contributed by atoms with van der Waals surface area (Å²) < 4.78 is 3.31. The van der Waals surface area contributed by atoms with E-state index in [9.17, 15) is 4.79 Å². The van der Waals surface area contributed by atoms with Crippen molar-refractivity contribution in [1.82, 2.24) is 34.1 Å². The van der Waals surface area contributed by atoms with Crippen molar-refractivity contribution in [2.75, 3.05) is 0 Å². The number of imidazole rings is 1. The lowest BCUT2D eigenvalue weighted by Gasteiger charge is -2.06. The van der Waals surface area contributed by atoms with E-state index in [2.05, 4.69) is 25.0 Å². The Morgan fingerprint density at radius 1 is 1.11 bits per heavy atom. The topological polar surface area (TPSA) is 93.8 Å². The summed E-state index contributed by atoms with van der Waals surface area (Å²) in [6.45, 7) is 2.59. The number of H-pyrrole nitrogens is 1. The van der Waals surface area contributed by atoms with E-state index >= 15 is 0 Å². The molecular weight excluding hydrogens is 354 g/mol. The van der Waals surface area contributed by atoms with Crippen molar-refractivity contribution in [3.05, 3.63) is 76.9 Å². The molecule has 0 bridgehead atoms. The van der Waals surface area contributed by atoms with Gasteiger partial charge in [0, 0.05) is 42.8 Å². The molecule has 8 heteroatoms. The van der Waals surface area contributed by atoms with Crippen LogP contribution >= 0.6 is 0 Å². The second kappa shape index (κ2) is 6.41. The highest BCUT2D eigenvalue weighted by Gasteiger charge is 2.12. The zero-order chi connectivity index (χ0) is 19.1. The molecule has 4 aromatic heterocycles. The van der Waals surface area contributed by atoms with Gasteiger partial charge < -0.3 is 9.55 Å². The molecule has 28 heavy (non-hydrogen) atoms. The van der Waals surface area contributed by atoms with Crippen LogP contribution in [0.25, 0.3) is 28.1 Å². The van der Waals surface area contributed by atoms with Crippen molar-refractivity contribution in [2.24, 2.45) is 0 Å². The predicted molar refractivity (Wildman–Crippen MR) is 105 cm³/mol. The van der Waals surface area contributed by atoms with Crippen molar-refractivity contribution in [2.45, 2.75) is 19.9 Å². The SMILES string of the molecule is Cc1ccc(-c2nc3ncc4c(=O)n(CCc5cnc[nH]5)ccc4n3n2)cc1. The summed E-state index contributed by atoms with van der Waals surface area (Å²) in [4.78, 5) is 28.8. The molecule has 0 atom stereocenters. The average molecular weight is 371 g/mol. The second-order valence-corrected chi connectivity index (χ2v) is 6.71. The van der Waals surface area contributed by atoms with Crippen molar-refractivity contribution in [3.63, 3.8) is 0 Å². The van der Waals surface area contributed by atoms with E-state index in [-0.39, 0.29) is 5.56 Å². The van der Waals surface area contributed by atoms with Crippen LogP contribution in [0.3, 0.4) is 0 Å². The van der Waals surface area contributed by atoms with Crippen molar-refractivity contribution < 1.29 is 0 Å². The highest BCUT2D eigenvalue weighted by atomic mass is 16.1. The fourth-order valence-electron chi connectivity index (χ4n) is 3.22. The van der Waals surface area contributed by atoms with Crippen LogP contribution in [0.5, 0.6) is 0 Å². The second-order valence-electron chi connectivity index (χ2n) is 6.71. The van der Waals surface area contributed by atoms with Gasteiger partial charge in [0.1, 0.15) is 0 Å². The molecule has 0 unspecified atom stereocenters. The van der Waals surface area contributed by atoms with Gasteiger partial charge in [0.05, 0.1) is 17.2 Å². The van der Waals surface area contributed by atoms with E-state index in [1.165, 1.54) is 5.56 Å². The molecule has 4 heterocycles. The highest BCUT2D eigenvalue weighted by Crippen LogP contribution is 2.18. The minimum atomic E-state index is -0.0983. The Bertz CT molecular complexity index is 1330. The maximum Gasteiger partial charge on any atom is 0.261 e. The van der Waals surface area contributed by atoms with Crippen LogP contribution in [-0.4, -0.2) is 34.1 Å². The fraction of sp³-hybridized carbons (Fsp3) is 0.150. The number of fused-ring (bicyclic) bond motifs is 3. The Labute approximate surface area is 159 Å². The Hall–Kier alpha value is -3.81. The van der Waals surface area contributed by atoms with E-state index in [1.807, 2.05) is 37.3 Å². The standard InChI is InChI=1S/C20H17N7O/c1-13-2-4-14(5-3-13)18-24-20-22-11-16-17(27(20)25-18)7-9-26(19(16)28)8-6-15-10-21-12-23-15/h2-5,7,9-12H,6,8H2,1H3,(H,21,23). The maximum absolute atomic E-state index is 12.9. The third-order valence-corrected chi connectivity index (χ3v) is 4.79. The molecule has 0 radical (unpaired) electrons. The van der Waals surface area contributed by atoms with Crippen LogP contribution in [0.4, 0.5) is 0 Å². The summed E-state index contributed by atoms with van der Waals surface area (Å²) >= 11 is 0. The number of aromatic nitrogens is 7. The molecular formula is C20H17N7O. The zero-order valence-electron chi connectivity index (χ0n) is 15.2. The number of aryl methyl sites for hydroxylation is 3. The van der Waals surface area contributed by atoms with E-state index in [1.54, 1.807) is 34.0 Å². The smallest absolute Gasteiger partial charge is 0.261 e. The highest BCUT2D eigenvalue weighted by molar-refractivity contribution is 5.79. The largest absolute Gasteiger partial charge is 0.348 e. The zero-order valence-corrected chi connectivity index (χ0v) is 15.2. The number of hydrogen-bond acceptors (Lipinski definition) is 5. The summed E-state index contributed by atoms with van der Waals surface area (Å²) in [6, 6.07) is 9.88.